The van der Waals surface area contributed by atoms with Gasteiger partial charge in [-0.3, -0.25) is 4.79 Å². The van der Waals surface area contributed by atoms with Crippen LogP contribution in [-0.2, 0) is 13.0 Å². The zero-order valence-corrected chi connectivity index (χ0v) is 20.5. The standard InChI is InChI=1S/C24H27FN4O2.HI/c1-3-26-24(27-13-12-19-8-9-20(25)15-17(19)2)28-16-18-6-10-21(11-7-18)29-23(30)22-5-4-14-31-22;/h4-11,14-15H,3,12-13,16H2,1-2H3,(H,29,30)(H2,26,27,28);1H. The zero-order chi connectivity index (χ0) is 22.1. The Kier molecular flexibility index (Phi) is 10.2. The highest BCUT2D eigenvalue weighted by atomic mass is 127. The number of carbonyl (C=O) groups excluding carboxylic acids is 1. The van der Waals surface area contributed by atoms with Gasteiger partial charge in [0.15, 0.2) is 11.7 Å². The van der Waals surface area contributed by atoms with Gasteiger partial charge in [-0.25, -0.2) is 9.38 Å². The molecule has 170 valence electrons. The Bertz CT molecular complexity index is 1020. The molecule has 1 aromatic heterocycles. The molecule has 6 nitrogen and oxygen atoms in total. The average molecular weight is 550 g/mol. The highest BCUT2D eigenvalue weighted by molar-refractivity contribution is 14.0. The number of anilines is 1. The molecular weight excluding hydrogens is 522 g/mol. The average Bonchev–Trinajstić information content (AvgIpc) is 3.30. The number of rotatable bonds is 8. The highest BCUT2D eigenvalue weighted by Crippen LogP contribution is 2.13. The minimum atomic E-state index is -0.286. The van der Waals surface area contributed by atoms with Crippen LogP contribution in [-0.4, -0.2) is 25.0 Å². The second kappa shape index (κ2) is 12.8. The molecule has 0 atom stereocenters. The van der Waals surface area contributed by atoms with Gasteiger partial charge < -0.3 is 20.4 Å². The molecule has 8 heteroatoms. The van der Waals surface area contributed by atoms with Crippen LogP contribution in [0.1, 0.15) is 34.2 Å². The van der Waals surface area contributed by atoms with Crippen LogP contribution in [0.2, 0.25) is 0 Å². The molecule has 3 aromatic rings. The first-order valence-corrected chi connectivity index (χ1v) is 10.3. The molecule has 0 unspecified atom stereocenters. The van der Waals surface area contributed by atoms with E-state index in [1.165, 1.54) is 12.3 Å². The normalized spacial score (nSPS) is 10.9. The fourth-order valence-electron chi connectivity index (χ4n) is 3.06. The zero-order valence-electron chi connectivity index (χ0n) is 18.2. The van der Waals surface area contributed by atoms with Crippen molar-refractivity contribution < 1.29 is 13.6 Å². The molecule has 1 amide bonds. The molecule has 3 rings (SSSR count). The Morgan fingerprint density at radius 3 is 2.53 bits per heavy atom. The molecule has 0 aliphatic rings. The van der Waals surface area contributed by atoms with Crippen LogP contribution >= 0.6 is 24.0 Å². The summed E-state index contributed by atoms with van der Waals surface area (Å²) in [6.45, 7) is 5.86. The van der Waals surface area contributed by atoms with Crippen LogP contribution in [0.4, 0.5) is 10.1 Å². The van der Waals surface area contributed by atoms with E-state index in [4.69, 9.17) is 4.42 Å². The van der Waals surface area contributed by atoms with Crippen molar-refractivity contribution in [2.75, 3.05) is 18.4 Å². The van der Waals surface area contributed by atoms with Gasteiger partial charge >= 0.3 is 0 Å². The maximum Gasteiger partial charge on any atom is 0.291 e. The van der Waals surface area contributed by atoms with Gasteiger partial charge in [0.2, 0.25) is 0 Å². The van der Waals surface area contributed by atoms with Gasteiger partial charge in [-0.1, -0.05) is 18.2 Å². The van der Waals surface area contributed by atoms with E-state index < -0.39 is 0 Å². The third-order valence-corrected chi connectivity index (χ3v) is 4.71. The van der Waals surface area contributed by atoms with E-state index in [9.17, 15) is 9.18 Å². The SMILES string of the molecule is CCNC(=NCc1ccc(NC(=O)c2ccco2)cc1)NCCc1ccc(F)cc1C.I. The Hall–Kier alpha value is -2.88. The molecule has 3 N–H and O–H groups in total. The lowest BCUT2D eigenvalue weighted by atomic mass is 10.1. The molecular formula is C24H28FIN4O2. The summed E-state index contributed by atoms with van der Waals surface area (Å²) in [6.07, 6.45) is 2.24. The Morgan fingerprint density at radius 2 is 1.88 bits per heavy atom. The lowest BCUT2D eigenvalue weighted by Gasteiger charge is -2.12. The van der Waals surface area contributed by atoms with Gasteiger partial charge in [-0.05, 0) is 73.4 Å². The lowest BCUT2D eigenvalue weighted by Crippen LogP contribution is -2.38. The van der Waals surface area contributed by atoms with E-state index in [0.717, 1.165) is 35.6 Å². The number of halogens is 2. The number of guanidine groups is 1. The van der Waals surface area contributed by atoms with Crippen molar-refractivity contribution in [2.24, 2.45) is 4.99 Å². The van der Waals surface area contributed by atoms with Gasteiger partial charge in [-0.15, -0.1) is 24.0 Å². The summed E-state index contributed by atoms with van der Waals surface area (Å²) in [5, 5.41) is 9.33. The number of aryl methyl sites for hydroxylation is 1. The van der Waals surface area contributed by atoms with Gasteiger partial charge in [0.05, 0.1) is 12.8 Å². The van der Waals surface area contributed by atoms with Crippen molar-refractivity contribution >= 4 is 41.5 Å². The molecule has 0 fully saturated rings. The second-order valence-corrected chi connectivity index (χ2v) is 7.07. The number of benzene rings is 2. The molecule has 0 aliphatic heterocycles. The summed E-state index contributed by atoms with van der Waals surface area (Å²) in [5.74, 6) is 0.491. The molecule has 0 bridgehead atoms. The highest BCUT2D eigenvalue weighted by Gasteiger charge is 2.08. The predicted molar refractivity (Wildman–Crippen MR) is 136 cm³/mol. The number of amides is 1. The molecule has 0 spiro atoms. The number of nitrogens with one attached hydrogen (secondary N) is 3. The minimum Gasteiger partial charge on any atom is -0.459 e. The van der Waals surface area contributed by atoms with E-state index in [1.807, 2.05) is 44.2 Å². The quantitative estimate of drug-likeness (QED) is 0.212. The van der Waals surface area contributed by atoms with Crippen LogP contribution in [0.15, 0.2) is 70.3 Å². The topological polar surface area (TPSA) is 78.7 Å². The Morgan fingerprint density at radius 1 is 1.09 bits per heavy atom. The first-order valence-electron chi connectivity index (χ1n) is 10.3. The summed E-state index contributed by atoms with van der Waals surface area (Å²) < 4.78 is 18.3. The van der Waals surface area contributed by atoms with E-state index in [-0.39, 0.29) is 41.5 Å². The minimum absolute atomic E-state index is 0. The van der Waals surface area contributed by atoms with Crippen molar-refractivity contribution in [2.45, 2.75) is 26.8 Å². The van der Waals surface area contributed by atoms with Crippen molar-refractivity contribution in [3.05, 3.63) is 89.1 Å². The van der Waals surface area contributed by atoms with Crippen molar-refractivity contribution in [1.29, 1.82) is 0 Å². The van der Waals surface area contributed by atoms with Crippen LogP contribution in [0.3, 0.4) is 0 Å². The monoisotopic (exact) mass is 550 g/mol. The Labute approximate surface area is 204 Å². The van der Waals surface area contributed by atoms with E-state index in [2.05, 4.69) is 20.9 Å². The fraction of sp³-hybridized carbons (Fsp3) is 0.250. The molecule has 0 saturated carbocycles. The largest absolute Gasteiger partial charge is 0.459 e. The maximum absolute atomic E-state index is 13.2. The summed E-state index contributed by atoms with van der Waals surface area (Å²) in [6, 6.07) is 15.7. The number of furan rings is 1. The number of hydrogen-bond acceptors (Lipinski definition) is 3. The molecule has 2 aromatic carbocycles. The summed E-state index contributed by atoms with van der Waals surface area (Å²) in [5.41, 5.74) is 3.76. The predicted octanol–water partition coefficient (Wildman–Crippen LogP) is 4.90. The smallest absolute Gasteiger partial charge is 0.291 e. The van der Waals surface area contributed by atoms with E-state index >= 15 is 0 Å². The first-order chi connectivity index (χ1) is 15.0. The number of hydrogen-bond donors (Lipinski definition) is 3. The van der Waals surface area contributed by atoms with Crippen molar-refractivity contribution in [1.82, 2.24) is 10.6 Å². The number of nitrogens with zero attached hydrogens (tertiary/aromatic N) is 1. The van der Waals surface area contributed by atoms with Crippen LogP contribution in [0, 0.1) is 12.7 Å². The maximum atomic E-state index is 13.2. The van der Waals surface area contributed by atoms with Crippen LogP contribution in [0.25, 0.3) is 0 Å². The first kappa shape index (κ1) is 25.4. The van der Waals surface area contributed by atoms with Crippen LogP contribution < -0.4 is 16.0 Å². The third kappa shape index (κ3) is 7.67. The van der Waals surface area contributed by atoms with Crippen molar-refractivity contribution in [3.8, 4) is 0 Å². The second-order valence-electron chi connectivity index (χ2n) is 7.07. The van der Waals surface area contributed by atoms with Crippen molar-refractivity contribution in [3.63, 3.8) is 0 Å². The van der Waals surface area contributed by atoms with E-state index in [0.29, 0.717) is 18.8 Å². The molecule has 0 saturated heterocycles. The van der Waals surface area contributed by atoms with E-state index in [1.54, 1.807) is 18.2 Å². The summed E-state index contributed by atoms with van der Waals surface area (Å²) in [4.78, 5) is 16.6. The molecule has 32 heavy (non-hydrogen) atoms. The number of carbonyl (C=O) groups is 1. The van der Waals surface area contributed by atoms with Crippen LogP contribution in [0.5, 0.6) is 0 Å². The molecule has 1 heterocycles. The number of aliphatic imine (C=N–C) groups is 1. The van der Waals surface area contributed by atoms with Gasteiger partial charge in [0.25, 0.3) is 5.91 Å². The fourth-order valence-corrected chi connectivity index (χ4v) is 3.06. The van der Waals surface area contributed by atoms with Gasteiger partial charge in [0.1, 0.15) is 5.82 Å². The summed E-state index contributed by atoms with van der Waals surface area (Å²) >= 11 is 0. The molecule has 0 radical (unpaired) electrons. The lowest BCUT2D eigenvalue weighted by molar-refractivity contribution is 0.0996. The third-order valence-electron chi connectivity index (χ3n) is 4.71. The Balaban J connectivity index is 0.00000363. The van der Waals surface area contributed by atoms with Gasteiger partial charge in [-0.2, -0.15) is 0 Å². The van der Waals surface area contributed by atoms with Gasteiger partial charge in [0, 0.05) is 18.8 Å². The molecule has 0 aliphatic carbocycles. The summed E-state index contributed by atoms with van der Waals surface area (Å²) in [7, 11) is 0.